The molecule has 130 valence electrons. The second-order valence-electron chi connectivity index (χ2n) is 5.87. The summed E-state index contributed by atoms with van der Waals surface area (Å²) in [6, 6.07) is -0.221. The largest absolute Gasteiger partial charge is 0.483 e. The normalized spacial score (nSPS) is 16.5. The number of hydrogen-bond acceptors (Lipinski definition) is 4. The van der Waals surface area contributed by atoms with Crippen LogP contribution in [-0.4, -0.2) is 46.8 Å². The molecule has 1 aliphatic carbocycles. The topological polar surface area (TPSA) is 93.5 Å². The minimum absolute atomic E-state index is 0.0499. The van der Waals surface area contributed by atoms with Crippen LogP contribution in [0.1, 0.15) is 45.0 Å². The molecule has 1 aliphatic rings. The number of hydrogen-bond donors (Lipinski definition) is 2. The van der Waals surface area contributed by atoms with E-state index in [1.54, 1.807) is 6.20 Å². The van der Waals surface area contributed by atoms with Crippen LogP contribution < -0.4 is 5.32 Å². The number of aromatic nitrogens is 2. The molecule has 1 atom stereocenters. The van der Waals surface area contributed by atoms with Crippen molar-refractivity contribution < 1.29 is 19.4 Å². The summed E-state index contributed by atoms with van der Waals surface area (Å²) in [7, 11) is 0. The van der Waals surface area contributed by atoms with Crippen LogP contribution in [0.4, 0.5) is 0 Å². The third kappa shape index (κ3) is 5.35. The van der Waals surface area contributed by atoms with Gasteiger partial charge in [0.15, 0.2) is 0 Å². The van der Waals surface area contributed by atoms with Gasteiger partial charge < -0.3 is 19.7 Å². The molecule has 0 bridgehead atoms. The predicted molar refractivity (Wildman–Crippen MR) is 86.2 cm³/mol. The molecule has 1 aromatic heterocycles. The Kier molecular flexibility index (Phi) is 7.74. The molecule has 7 nitrogen and oxygen atoms in total. The number of imidazole rings is 1. The Morgan fingerprint density at radius 2 is 2.26 bits per heavy atom. The molecule has 7 heteroatoms. The molecule has 1 unspecified atom stereocenters. The zero-order valence-electron chi connectivity index (χ0n) is 14.1. The van der Waals surface area contributed by atoms with Crippen LogP contribution in [0.2, 0.25) is 0 Å². The predicted octanol–water partition coefficient (Wildman–Crippen LogP) is 1.78. The van der Waals surface area contributed by atoms with Crippen LogP contribution in [0, 0.1) is 12.3 Å². The first-order valence-electron chi connectivity index (χ1n) is 7.92. The van der Waals surface area contributed by atoms with Crippen LogP contribution in [-0.2, 0) is 14.3 Å². The number of rotatable bonds is 7. The number of aryl methyl sites for hydroxylation is 1. The van der Waals surface area contributed by atoms with Gasteiger partial charge in [-0.25, -0.2) is 4.98 Å². The molecule has 2 rings (SSSR count). The Balaban J connectivity index is 0.000000816. The van der Waals surface area contributed by atoms with E-state index in [4.69, 9.17) is 14.6 Å². The average Bonchev–Trinajstić information content (AvgIpc) is 2.91. The maximum absolute atomic E-state index is 12.3. The summed E-state index contributed by atoms with van der Waals surface area (Å²) in [5, 5.41) is 9.97. The summed E-state index contributed by atoms with van der Waals surface area (Å²) in [6.07, 6.45) is 7.09. The second-order valence-corrected chi connectivity index (χ2v) is 5.87. The number of nitrogens with zero attached hydrogens (tertiary/aromatic N) is 2. The third-order valence-corrected chi connectivity index (χ3v) is 4.32. The van der Waals surface area contributed by atoms with Crippen molar-refractivity contribution >= 4 is 12.4 Å². The SMILES string of the molecule is CCOCC1(CNC(=O)C(C)n2ccnc2C)CCC1.O=CO. The fourth-order valence-electron chi connectivity index (χ4n) is 2.71. The summed E-state index contributed by atoms with van der Waals surface area (Å²) >= 11 is 0. The van der Waals surface area contributed by atoms with E-state index < -0.39 is 0 Å². The minimum Gasteiger partial charge on any atom is -0.483 e. The van der Waals surface area contributed by atoms with Gasteiger partial charge in [-0.1, -0.05) is 6.42 Å². The molecule has 1 heterocycles. The van der Waals surface area contributed by atoms with E-state index in [1.165, 1.54) is 6.42 Å². The van der Waals surface area contributed by atoms with E-state index in [-0.39, 0.29) is 23.8 Å². The van der Waals surface area contributed by atoms with Gasteiger partial charge in [-0.3, -0.25) is 9.59 Å². The summed E-state index contributed by atoms with van der Waals surface area (Å²) in [5.74, 6) is 0.911. The standard InChI is InChI=1S/C15H25N3O2.CH2O2/c1-4-20-11-15(6-5-7-15)10-17-14(19)12(2)18-9-8-16-13(18)3;2-1-3/h8-9,12H,4-7,10-11H2,1-3H3,(H,17,19);1H,(H,2,3). The molecule has 0 spiro atoms. The lowest BCUT2D eigenvalue weighted by atomic mass is 9.69. The van der Waals surface area contributed by atoms with Crippen LogP contribution in [0.25, 0.3) is 0 Å². The van der Waals surface area contributed by atoms with Crippen molar-refractivity contribution in [2.45, 2.75) is 46.1 Å². The van der Waals surface area contributed by atoms with E-state index >= 15 is 0 Å². The fourth-order valence-corrected chi connectivity index (χ4v) is 2.71. The Bertz CT molecular complexity index is 497. The van der Waals surface area contributed by atoms with Crippen molar-refractivity contribution in [3.05, 3.63) is 18.2 Å². The first-order chi connectivity index (χ1) is 11.0. The molecule has 23 heavy (non-hydrogen) atoms. The molecule has 2 N–H and O–H groups in total. The van der Waals surface area contributed by atoms with Crippen LogP contribution in [0.15, 0.2) is 12.4 Å². The zero-order chi connectivity index (χ0) is 17.3. The van der Waals surface area contributed by atoms with Gasteiger partial charge >= 0.3 is 0 Å². The first-order valence-corrected chi connectivity index (χ1v) is 7.92. The molecule has 0 aliphatic heterocycles. The third-order valence-electron chi connectivity index (χ3n) is 4.32. The quantitative estimate of drug-likeness (QED) is 0.745. The molecular weight excluding hydrogens is 298 g/mol. The minimum atomic E-state index is -0.250. The maximum Gasteiger partial charge on any atom is 0.290 e. The summed E-state index contributed by atoms with van der Waals surface area (Å²) in [4.78, 5) is 24.8. The van der Waals surface area contributed by atoms with E-state index in [0.29, 0.717) is 6.54 Å². The maximum atomic E-state index is 12.3. The molecule has 1 fully saturated rings. The highest BCUT2D eigenvalue weighted by molar-refractivity contribution is 5.80. The van der Waals surface area contributed by atoms with Crippen LogP contribution in [0.5, 0.6) is 0 Å². The van der Waals surface area contributed by atoms with Crippen molar-refractivity contribution in [3.8, 4) is 0 Å². The zero-order valence-corrected chi connectivity index (χ0v) is 14.1. The first kappa shape index (κ1) is 19.2. The van der Waals surface area contributed by atoms with Gasteiger partial charge in [-0.2, -0.15) is 0 Å². The molecular formula is C16H27N3O4. The smallest absolute Gasteiger partial charge is 0.290 e. The van der Waals surface area contributed by atoms with Gasteiger partial charge in [0, 0.05) is 31.0 Å². The monoisotopic (exact) mass is 325 g/mol. The van der Waals surface area contributed by atoms with E-state index in [1.807, 2.05) is 31.5 Å². The summed E-state index contributed by atoms with van der Waals surface area (Å²) in [5.41, 5.74) is 0.162. The lowest BCUT2D eigenvalue weighted by Gasteiger charge is -2.41. The second kappa shape index (κ2) is 9.29. The van der Waals surface area contributed by atoms with Crippen LogP contribution in [0.3, 0.4) is 0 Å². The van der Waals surface area contributed by atoms with Gasteiger partial charge in [0.2, 0.25) is 5.91 Å². The van der Waals surface area contributed by atoms with Gasteiger partial charge in [-0.15, -0.1) is 0 Å². The number of amides is 1. The molecule has 1 aromatic rings. The van der Waals surface area contributed by atoms with Gasteiger partial charge in [0.25, 0.3) is 6.47 Å². The van der Waals surface area contributed by atoms with E-state index in [2.05, 4.69) is 10.3 Å². The highest BCUT2D eigenvalue weighted by Gasteiger charge is 2.37. The van der Waals surface area contributed by atoms with Crippen molar-refractivity contribution in [2.75, 3.05) is 19.8 Å². The highest BCUT2D eigenvalue weighted by Crippen LogP contribution is 2.40. The molecule has 1 amide bonds. The molecule has 0 radical (unpaired) electrons. The highest BCUT2D eigenvalue weighted by atomic mass is 16.5. The Morgan fingerprint density at radius 3 is 2.70 bits per heavy atom. The number of nitrogens with one attached hydrogen (secondary N) is 1. The van der Waals surface area contributed by atoms with Crippen molar-refractivity contribution in [3.63, 3.8) is 0 Å². The van der Waals surface area contributed by atoms with Gasteiger partial charge in [0.05, 0.1) is 6.61 Å². The van der Waals surface area contributed by atoms with E-state index in [0.717, 1.165) is 31.9 Å². The molecule has 0 aromatic carbocycles. The Hall–Kier alpha value is -1.89. The van der Waals surface area contributed by atoms with Crippen molar-refractivity contribution in [1.29, 1.82) is 0 Å². The van der Waals surface area contributed by atoms with Gasteiger partial charge in [0.1, 0.15) is 11.9 Å². The number of carbonyl (C=O) groups excluding carboxylic acids is 1. The lowest BCUT2D eigenvalue weighted by Crippen LogP contribution is -2.46. The molecule has 1 saturated carbocycles. The van der Waals surface area contributed by atoms with Crippen LogP contribution >= 0.6 is 0 Å². The van der Waals surface area contributed by atoms with Crippen molar-refractivity contribution in [2.24, 2.45) is 5.41 Å². The van der Waals surface area contributed by atoms with Gasteiger partial charge in [-0.05, 0) is 33.6 Å². The van der Waals surface area contributed by atoms with Crippen molar-refractivity contribution in [1.82, 2.24) is 14.9 Å². The summed E-state index contributed by atoms with van der Waals surface area (Å²) in [6.45, 7) is 7.77. The number of carbonyl (C=O) groups is 2. The average molecular weight is 325 g/mol. The molecule has 0 saturated heterocycles. The van der Waals surface area contributed by atoms with E-state index in [9.17, 15) is 4.79 Å². The Morgan fingerprint density at radius 1 is 1.61 bits per heavy atom. The number of carboxylic acid groups (broad SMARTS) is 1. The Labute approximate surface area is 137 Å². The number of ether oxygens (including phenoxy) is 1. The fraction of sp³-hybridized carbons (Fsp3) is 0.688. The summed E-state index contributed by atoms with van der Waals surface area (Å²) < 4.78 is 7.45. The lowest BCUT2D eigenvalue weighted by molar-refractivity contribution is -0.125.